The van der Waals surface area contributed by atoms with Crippen molar-refractivity contribution in [3.8, 4) is 0 Å². The zero-order chi connectivity index (χ0) is 12.8. The fourth-order valence-electron chi connectivity index (χ4n) is 2.01. The first-order valence-electron chi connectivity index (χ1n) is 6.17. The third kappa shape index (κ3) is 3.45. The summed E-state index contributed by atoms with van der Waals surface area (Å²) in [6.45, 7) is 2.53. The van der Waals surface area contributed by atoms with Gasteiger partial charge in [-0.15, -0.1) is 0 Å². The zero-order valence-corrected chi connectivity index (χ0v) is 10.3. The maximum Gasteiger partial charge on any atom is 0.170 e. The summed E-state index contributed by atoms with van der Waals surface area (Å²) < 4.78 is 5.32. The highest BCUT2D eigenvalue weighted by Crippen LogP contribution is 2.09. The molecule has 1 aliphatic rings. The standard InChI is InChI=1S/C13H19N3O2/c14-13(16-17)11-3-1-10(2-4-11)9-15-12-5-7-18-8-6-12/h1-4,12,15,17H,5-9H2,(H2,14,16). The number of nitrogens with zero attached hydrogens (tertiary/aromatic N) is 1. The monoisotopic (exact) mass is 249 g/mol. The molecule has 98 valence electrons. The molecule has 0 bridgehead atoms. The predicted octanol–water partition coefficient (Wildman–Crippen LogP) is 1.05. The number of amidine groups is 1. The Morgan fingerprint density at radius 1 is 1.33 bits per heavy atom. The van der Waals surface area contributed by atoms with Crippen LogP contribution in [0.25, 0.3) is 0 Å². The van der Waals surface area contributed by atoms with Crippen molar-refractivity contribution in [1.82, 2.24) is 5.32 Å². The van der Waals surface area contributed by atoms with E-state index >= 15 is 0 Å². The first-order chi connectivity index (χ1) is 8.79. The summed E-state index contributed by atoms with van der Waals surface area (Å²) in [5.74, 6) is 0.138. The Morgan fingerprint density at radius 2 is 2.00 bits per heavy atom. The fraction of sp³-hybridized carbons (Fsp3) is 0.462. The van der Waals surface area contributed by atoms with Gasteiger partial charge in [0.05, 0.1) is 0 Å². The van der Waals surface area contributed by atoms with Crippen molar-refractivity contribution in [1.29, 1.82) is 0 Å². The average molecular weight is 249 g/mol. The number of nitrogens with two attached hydrogens (primary N) is 1. The van der Waals surface area contributed by atoms with E-state index in [0.717, 1.165) is 38.2 Å². The molecule has 1 aromatic rings. The molecule has 1 saturated heterocycles. The Morgan fingerprint density at radius 3 is 2.61 bits per heavy atom. The van der Waals surface area contributed by atoms with Gasteiger partial charge in [0.15, 0.2) is 5.84 Å². The Kier molecular flexibility index (Phi) is 4.55. The van der Waals surface area contributed by atoms with E-state index in [-0.39, 0.29) is 5.84 Å². The lowest BCUT2D eigenvalue weighted by Crippen LogP contribution is -2.34. The Balaban J connectivity index is 1.86. The number of oxime groups is 1. The maximum absolute atomic E-state index is 8.57. The fourth-order valence-corrected chi connectivity index (χ4v) is 2.01. The van der Waals surface area contributed by atoms with Gasteiger partial charge >= 0.3 is 0 Å². The van der Waals surface area contributed by atoms with Crippen LogP contribution in [-0.4, -0.2) is 30.3 Å². The van der Waals surface area contributed by atoms with Crippen molar-refractivity contribution in [3.63, 3.8) is 0 Å². The molecule has 1 aliphatic heterocycles. The van der Waals surface area contributed by atoms with Crippen molar-refractivity contribution in [2.45, 2.75) is 25.4 Å². The van der Waals surface area contributed by atoms with E-state index < -0.39 is 0 Å². The summed E-state index contributed by atoms with van der Waals surface area (Å²) in [6, 6.07) is 8.23. The molecular formula is C13H19N3O2. The van der Waals surface area contributed by atoms with Crippen LogP contribution in [0.1, 0.15) is 24.0 Å². The van der Waals surface area contributed by atoms with Crippen LogP contribution in [-0.2, 0) is 11.3 Å². The van der Waals surface area contributed by atoms with E-state index in [1.165, 1.54) is 5.56 Å². The van der Waals surface area contributed by atoms with Gasteiger partial charge in [0, 0.05) is 31.4 Å². The lowest BCUT2D eigenvalue weighted by atomic mass is 10.1. The van der Waals surface area contributed by atoms with Crippen molar-refractivity contribution in [2.75, 3.05) is 13.2 Å². The molecule has 2 rings (SSSR count). The van der Waals surface area contributed by atoms with E-state index in [1.54, 1.807) is 0 Å². The number of hydrogen-bond acceptors (Lipinski definition) is 4. The second kappa shape index (κ2) is 6.37. The Labute approximate surface area is 107 Å². The van der Waals surface area contributed by atoms with Gasteiger partial charge < -0.3 is 21.0 Å². The van der Waals surface area contributed by atoms with Gasteiger partial charge in [0.2, 0.25) is 0 Å². The quantitative estimate of drug-likeness (QED) is 0.322. The molecule has 0 saturated carbocycles. The summed E-state index contributed by atoms with van der Waals surface area (Å²) in [5.41, 5.74) is 7.43. The lowest BCUT2D eigenvalue weighted by Gasteiger charge is -2.23. The SMILES string of the molecule is NC(=NO)c1ccc(CNC2CCOCC2)cc1. The van der Waals surface area contributed by atoms with Crippen molar-refractivity contribution in [2.24, 2.45) is 10.9 Å². The highest BCUT2D eigenvalue weighted by molar-refractivity contribution is 5.96. The zero-order valence-electron chi connectivity index (χ0n) is 10.3. The first-order valence-corrected chi connectivity index (χ1v) is 6.17. The topological polar surface area (TPSA) is 79.9 Å². The minimum Gasteiger partial charge on any atom is -0.409 e. The molecule has 0 atom stereocenters. The van der Waals surface area contributed by atoms with Gasteiger partial charge in [-0.3, -0.25) is 0 Å². The highest BCUT2D eigenvalue weighted by atomic mass is 16.5. The van der Waals surface area contributed by atoms with Crippen LogP contribution in [0.5, 0.6) is 0 Å². The third-order valence-corrected chi connectivity index (χ3v) is 3.17. The highest BCUT2D eigenvalue weighted by Gasteiger charge is 2.12. The molecule has 0 unspecified atom stereocenters. The van der Waals surface area contributed by atoms with E-state index in [2.05, 4.69) is 10.5 Å². The molecule has 4 N–H and O–H groups in total. The van der Waals surface area contributed by atoms with Crippen LogP contribution in [0.2, 0.25) is 0 Å². The van der Waals surface area contributed by atoms with E-state index in [4.69, 9.17) is 15.7 Å². The first kappa shape index (κ1) is 12.9. The van der Waals surface area contributed by atoms with Crippen LogP contribution in [0.3, 0.4) is 0 Å². The normalized spacial score (nSPS) is 17.9. The van der Waals surface area contributed by atoms with Crippen molar-refractivity contribution in [3.05, 3.63) is 35.4 Å². The summed E-state index contributed by atoms with van der Waals surface area (Å²) in [6.07, 6.45) is 2.14. The maximum atomic E-state index is 8.57. The molecule has 0 aromatic heterocycles. The number of hydrogen-bond donors (Lipinski definition) is 3. The molecular weight excluding hydrogens is 230 g/mol. The minimum atomic E-state index is 0.138. The van der Waals surface area contributed by atoms with Crippen LogP contribution in [0, 0.1) is 0 Å². The van der Waals surface area contributed by atoms with Gasteiger partial charge in [-0.25, -0.2) is 0 Å². The molecule has 0 aliphatic carbocycles. The number of ether oxygens (including phenoxy) is 1. The van der Waals surface area contributed by atoms with Gasteiger partial charge in [0.25, 0.3) is 0 Å². The number of benzene rings is 1. The lowest BCUT2D eigenvalue weighted by molar-refractivity contribution is 0.0776. The van der Waals surface area contributed by atoms with E-state index in [0.29, 0.717) is 6.04 Å². The molecule has 1 heterocycles. The summed E-state index contributed by atoms with van der Waals surface area (Å²) in [4.78, 5) is 0. The summed E-state index contributed by atoms with van der Waals surface area (Å²) >= 11 is 0. The molecule has 1 fully saturated rings. The Bertz CT molecular complexity index is 397. The van der Waals surface area contributed by atoms with E-state index in [1.807, 2.05) is 24.3 Å². The Hall–Kier alpha value is -1.59. The molecule has 18 heavy (non-hydrogen) atoms. The summed E-state index contributed by atoms with van der Waals surface area (Å²) in [5, 5.41) is 15.1. The smallest absolute Gasteiger partial charge is 0.170 e. The van der Waals surface area contributed by atoms with Crippen LogP contribution < -0.4 is 11.1 Å². The molecule has 5 heteroatoms. The largest absolute Gasteiger partial charge is 0.409 e. The molecule has 0 radical (unpaired) electrons. The second-order valence-corrected chi connectivity index (χ2v) is 4.45. The molecule has 5 nitrogen and oxygen atoms in total. The predicted molar refractivity (Wildman–Crippen MR) is 69.6 cm³/mol. The van der Waals surface area contributed by atoms with Crippen LogP contribution in [0.4, 0.5) is 0 Å². The van der Waals surface area contributed by atoms with Gasteiger partial charge in [-0.05, 0) is 18.4 Å². The second-order valence-electron chi connectivity index (χ2n) is 4.45. The molecule has 1 aromatic carbocycles. The van der Waals surface area contributed by atoms with Gasteiger partial charge in [-0.2, -0.15) is 0 Å². The van der Waals surface area contributed by atoms with Gasteiger partial charge in [-0.1, -0.05) is 29.4 Å². The third-order valence-electron chi connectivity index (χ3n) is 3.17. The van der Waals surface area contributed by atoms with Crippen molar-refractivity contribution >= 4 is 5.84 Å². The van der Waals surface area contributed by atoms with Crippen LogP contribution in [0.15, 0.2) is 29.4 Å². The van der Waals surface area contributed by atoms with Gasteiger partial charge in [0.1, 0.15) is 0 Å². The number of rotatable bonds is 4. The van der Waals surface area contributed by atoms with Crippen LogP contribution >= 0.6 is 0 Å². The average Bonchev–Trinajstić information content (AvgIpc) is 2.46. The number of nitrogens with one attached hydrogen (secondary N) is 1. The summed E-state index contributed by atoms with van der Waals surface area (Å²) in [7, 11) is 0. The van der Waals surface area contributed by atoms with E-state index in [9.17, 15) is 0 Å². The molecule has 0 amide bonds. The van der Waals surface area contributed by atoms with Crippen molar-refractivity contribution < 1.29 is 9.94 Å². The minimum absolute atomic E-state index is 0.138. The molecule has 0 spiro atoms.